The molecule has 0 aromatic carbocycles. The van der Waals surface area contributed by atoms with Crippen LogP contribution in [0.25, 0.3) is 0 Å². The van der Waals surface area contributed by atoms with Crippen molar-refractivity contribution in [3.05, 3.63) is 0 Å². The van der Waals surface area contributed by atoms with Crippen LogP contribution in [0.3, 0.4) is 0 Å². The summed E-state index contributed by atoms with van der Waals surface area (Å²) in [6.45, 7) is 0. The summed E-state index contributed by atoms with van der Waals surface area (Å²) >= 11 is -0.611. The molecule has 2 aromatic heterocycles. The van der Waals surface area contributed by atoms with Gasteiger partial charge in [-0.1, -0.05) is 11.2 Å². The van der Waals surface area contributed by atoms with E-state index in [1.54, 1.807) is 12.5 Å². The number of aromatic nitrogens is 8. The molecule has 2 aromatic rings. The fraction of sp³-hybridized carbons (Fsp3) is 0.333. The summed E-state index contributed by atoms with van der Waals surface area (Å²) in [7, 11) is 0. The average Bonchev–Trinajstić information content (AvgIpc) is 2.39. The van der Waals surface area contributed by atoms with Crippen LogP contribution in [0, 0.1) is 0 Å². The van der Waals surface area contributed by atoms with Gasteiger partial charge in [-0.3, -0.25) is 0 Å². The number of nitrogen functional groups attached to an aromatic ring is 2. The summed E-state index contributed by atoms with van der Waals surface area (Å²) in [5.41, 5.74) is 10.3. The summed E-state index contributed by atoms with van der Waals surface area (Å²) < 4.78 is 9.56. The molecule has 2 rings (SSSR count). The summed E-state index contributed by atoms with van der Waals surface area (Å²) in [6.07, 6.45) is 3.28. The molecule has 0 radical (unpaired) electrons. The first-order valence-electron chi connectivity index (χ1n) is 4.80. The molecule has 0 aliphatic carbocycles. The zero-order valence-corrected chi connectivity index (χ0v) is 11.3. The quantitative estimate of drug-likeness (QED) is 0.478. The van der Waals surface area contributed by atoms with E-state index in [-0.39, 0.29) is 23.8 Å². The van der Waals surface area contributed by atoms with Gasteiger partial charge in [0.2, 0.25) is 0 Å². The Balaban J connectivity index is 0.000000444. The molecule has 0 aliphatic rings. The topological polar surface area (TPSA) is 203 Å². The zero-order valence-electron chi connectivity index (χ0n) is 10.4. The van der Waals surface area contributed by atoms with E-state index in [0.29, 0.717) is 0 Å². The molecule has 0 aliphatic heterocycles. The van der Waals surface area contributed by atoms with Crippen molar-refractivity contribution in [1.82, 2.24) is 40.8 Å². The summed E-state index contributed by atoms with van der Waals surface area (Å²) in [4.78, 5) is 0. The van der Waals surface area contributed by atoms with Crippen LogP contribution in [0.2, 0.25) is 0 Å². The lowest BCUT2D eigenvalue weighted by Gasteiger charge is -1.89. The predicted molar refractivity (Wildman–Crippen MR) is 68.2 cm³/mol. The van der Waals surface area contributed by atoms with Crippen LogP contribution in [0.4, 0.5) is 23.8 Å². The lowest BCUT2D eigenvalue weighted by molar-refractivity contribution is 0.606. The van der Waals surface area contributed by atoms with Gasteiger partial charge in [0.1, 0.15) is 0 Å². The molecule has 0 unspecified atom stereocenters. The Bertz CT molecular complexity index is 491. The third-order valence-corrected chi connectivity index (χ3v) is 1.20. The number of hydrogen-bond donors (Lipinski definition) is 2. The Kier molecular flexibility index (Phi) is 5.98. The summed E-state index contributed by atoms with van der Waals surface area (Å²) in [5, 5.41) is 34.6. The molecular weight excluding hydrogens is 288 g/mol. The predicted octanol–water partition coefficient (Wildman–Crippen LogP) is -1.58. The van der Waals surface area contributed by atoms with Crippen LogP contribution in [-0.2, 0) is 11.2 Å². The van der Waals surface area contributed by atoms with Crippen molar-refractivity contribution in [3.8, 4) is 0 Å². The van der Waals surface area contributed by atoms with E-state index in [4.69, 9.17) is 11.5 Å². The van der Waals surface area contributed by atoms with E-state index in [9.17, 15) is 4.55 Å². The molecule has 4 N–H and O–H groups in total. The molecule has 0 atom stereocenters. The maximum Gasteiger partial charge on any atom is 0.306 e. The normalized spacial score (nSPS) is 10.4. The van der Waals surface area contributed by atoms with Crippen LogP contribution < -0.4 is 11.5 Å². The molecule has 0 saturated heterocycles. The molecular formula is C6H10N12OS. The van der Waals surface area contributed by atoms with Crippen LogP contribution in [0.5, 0.6) is 0 Å². The second-order valence-electron chi connectivity index (χ2n) is 3.06. The molecule has 0 fully saturated rings. The van der Waals surface area contributed by atoms with Crippen molar-refractivity contribution in [2.75, 3.05) is 24.0 Å². The lowest BCUT2D eigenvalue weighted by Crippen LogP contribution is -1.99. The highest BCUT2D eigenvalue weighted by Gasteiger charge is 1.98. The fourth-order valence-electron chi connectivity index (χ4n) is 0.633. The third kappa shape index (κ3) is 6.36. The Morgan fingerprint density at radius 2 is 1.00 bits per heavy atom. The Morgan fingerprint density at radius 3 is 1.25 bits per heavy atom. The van der Waals surface area contributed by atoms with Gasteiger partial charge in [0.25, 0.3) is 11.9 Å². The first kappa shape index (κ1) is 15.4. The number of anilines is 2. The maximum atomic E-state index is 9.56. The van der Waals surface area contributed by atoms with Gasteiger partial charge in [0.05, 0.1) is 12.5 Å². The van der Waals surface area contributed by atoms with Crippen molar-refractivity contribution < 1.29 is 4.55 Å². The minimum absolute atomic E-state index is 0.0639. The molecule has 14 heteroatoms. The number of azo groups is 1. The van der Waals surface area contributed by atoms with E-state index in [1.165, 1.54) is 0 Å². The minimum Gasteiger partial charge on any atom is -0.617 e. The average molecular weight is 298 g/mol. The third-order valence-electron chi connectivity index (χ3n) is 1.20. The SMILES string of the molecule is C[S+](C)[O-].Nc1nnc(/N=N/c2nnc(N)nn2)nn1. The van der Waals surface area contributed by atoms with E-state index in [2.05, 4.69) is 51.0 Å². The summed E-state index contributed by atoms with van der Waals surface area (Å²) in [5.74, 6) is -0.304. The molecule has 0 saturated carbocycles. The molecule has 2 heterocycles. The van der Waals surface area contributed by atoms with Gasteiger partial charge >= 0.3 is 11.9 Å². The van der Waals surface area contributed by atoms with Crippen LogP contribution in [0.15, 0.2) is 10.2 Å². The maximum absolute atomic E-state index is 9.56. The number of hydrogen-bond acceptors (Lipinski definition) is 13. The van der Waals surface area contributed by atoms with Gasteiger partial charge in [-0.15, -0.1) is 51.0 Å². The zero-order chi connectivity index (χ0) is 15.0. The van der Waals surface area contributed by atoms with Gasteiger partial charge in [-0.2, -0.15) is 0 Å². The van der Waals surface area contributed by atoms with E-state index in [0.717, 1.165) is 0 Å². The van der Waals surface area contributed by atoms with Crippen molar-refractivity contribution in [2.45, 2.75) is 0 Å². The van der Waals surface area contributed by atoms with E-state index < -0.39 is 11.2 Å². The van der Waals surface area contributed by atoms with Crippen LogP contribution >= 0.6 is 0 Å². The minimum atomic E-state index is -0.611. The molecule has 13 nitrogen and oxygen atoms in total. The van der Waals surface area contributed by atoms with E-state index in [1.807, 2.05) is 0 Å². The van der Waals surface area contributed by atoms with E-state index >= 15 is 0 Å². The van der Waals surface area contributed by atoms with Crippen molar-refractivity contribution >= 4 is 35.0 Å². The second kappa shape index (κ2) is 7.74. The smallest absolute Gasteiger partial charge is 0.306 e. The monoisotopic (exact) mass is 298 g/mol. The molecule has 0 bridgehead atoms. The molecule has 0 amide bonds. The number of nitrogens with two attached hydrogens (primary N) is 2. The van der Waals surface area contributed by atoms with Crippen molar-refractivity contribution in [1.29, 1.82) is 0 Å². The van der Waals surface area contributed by atoms with Crippen molar-refractivity contribution in [3.63, 3.8) is 0 Å². The standard InChI is InChI=1S/C4H4N12.C2H6OS/c5-1-7-11-3(12-8-1)15-16-4-13-9-2(6)10-14-4;1-4(2)3/h(H2,5,7,8)(H2,6,9,10);1-2H3/b16-15+;. The van der Waals surface area contributed by atoms with Crippen LogP contribution in [-0.4, -0.2) is 57.9 Å². The van der Waals surface area contributed by atoms with Gasteiger partial charge in [-0.25, -0.2) is 0 Å². The Labute approximate surface area is 115 Å². The molecule has 106 valence electrons. The number of rotatable bonds is 2. The van der Waals surface area contributed by atoms with Gasteiger partial charge in [0.15, 0.2) is 0 Å². The molecule has 20 heavy (non-hydrogen) atoms. The number of nitrogens with zero attached hydrogens (tertiary/aromatic N) is 10. The largest absolute Gasteiger partial charge is 0.617 e. The highest BCUT2D eigenvalue weighted by Crippen LogP contribution is 2.05. The lowest BCUT2D eigenvalue weighted by atomic mass is 11.0. The van der Waals surface area contributed by atoms with Crippen molar-refractivity contribution in [2.24, 2.45) is 10.2 Å². The molecule has 0 spiro atoms. The Hall–Kier alpha value is -2.61. The first-order chi connectivity index (χ1) is 9.47. The highest BCUT2D eigenvalue weighted by molar-refractivity contribution is 7.89. The van der Waals surface area contributed by atoms with Gasteiger partial charge < -0.3 is 16.0 Å². The van der Waals surface area contributed by atoms with Gasteiger partial charge in [0, 0.05) is 0 Å². The summed E-state index contributed by atoms with van der Waals surface area (Å²) in [6, 6.07) is 0. The van der Waals surface area contributed by atoms with Crippen LogP contribution in [0.1, 0.15) is 0 Å². The second-order valence-corrected chi connectivity index (χ2v) is 4.54. The Morgan fingerprint density at radius 1 is 0.750 bits per heavy atom. The first-order valence-corrected chi connectivity index (χ1v) is 6.76. The highest BCUT2D eigenvalue weighted by atomic mass is 32.2. The van der Waals surface area contributed by atoms with Gasteiger partial charge in [-0.05, 0) is 0 Å². The fourth-order valence-corrected chi connectivity index (χ4v) is 0.633.